The molecule has 0 aromatic carbocycles. The smallest absolute Gasteiger partial charge is 0.257 e. The molecule has 2 aliphatic rings. The first-order valence-corrected chi connectivity index (χ1v) is 11.3. The van der Waals surface area contributed by atoms with E-state index in [1.54, 1.807) is 35.4 Å². The van der Waals surface area contributed by atoms with Crippen LogP contribution in [-0.2, 0) is 4.79 Å². The molecule has 5 heterocycles. The van der Waals surface area contributed by atoms with Gasteiger partial charge >= 0.3 is 0 Å². The molecule has 1 unspecified atom stereocenters. The Kier molecular flexibility index (Phi) is 5.12. The van der Waals surface area contributed by atoms with Crippen LogP contribution in [0.1, 0.15) is 42.6 Å². The van der Waals surface area contributed by atoms with E-state index in [1.165, 1.54) is 11.8 Å². The van der Waals surface area contributed by atoms with Crippen molar-refractivity contribution < 1.29 is 9.53 Å². The maximum atomic E-state index is 13.0. The van der Waals surface area contributed by atoms with Crippen molar-refractivity contribution in [3.05, 3.63) is 40.1 Å². The van der Waals surface area contributed by atoms with Gasteiger partial charge in [0.25, 0.3) is 5.56 Å². The van der Waals surface area contributed by atoms with E-state index in [1.807, 2.05) is 11.0 Å². The van der Waals surface area contributed by atoms with Crippen LogP contribution in [0, 0.1) is 6.92 Å². The summed E-state index contributed by atoms with van der Waals surface area (Å²) in [5, 5.41) is 13.7. The van der Waals surface area contributed by atoms with E-state index in [4.69, 9.17) is 4.74 Å². The first-order valence-electron chi connectivity index (χ1n) is 10.3. The number of carbonyl (C=O) groups excluding carboxylic acids is 1. The molecule has 0 bridgehead atoms. The molecule has 10 nitrogen and oxygen atoms in total. The van der Waals surface area contributed by atoms with E-state index in [0.717, 1.165) is 18.7 Å². The molecule has 0 radical (unpaired) electrons. The van der Waals surface area contributed by atoms with E-state index >= 15 is 0 Å². The van der Waals surface area contributed by atoms with Crippen LogP contribution in [0.15, 0.2) is 28.3 Å². The number of aryl methyl sites for hydroxylation is 1. The van der Waals surface area contributed by atoms with E-state index in [2.05, 4.69) is 20.3 Å². The Labute approximate surface area is 182 Å². The van der Waals surface area contributed by atoms with E-state index in [0.29, 0.717) is 47.5 Å². The number of aromatic nitrogens is 6. The van der Waals surface area contributed by atoms with Gasteiger partial charge in [-0.3, -0.25) is 14.2 Å². The molecule has 162 valence electrons. The van der Waals surface area contributed by atoms with Gasteiger partial charge in [0.15, 0.2) is 16.6 Å². The SMILES string of the molecule is COc1ccc2nnc(C3CCN(C(=O)CC4CSc5ncc(C)c(=O)n54)CC3)n2n1. The summed E-state index contributed by atoms with van der Waals surface area (Å²) in [7, 11) is 1.58. The molecular weight excluding hydrogens is 418 g/mol. The highest BCUT2D eigenvalue weighted by Crippen LogP contribution is 2.33. The van der Waals surface area contributed by atoms with Crippen LogP contribution in [0.25, 0.3) is 5.65 Å². The van der Waals surface area contributed by atoms with Crippen LogP contribution >= 0.6 is 11.8 Å². The zero-order valence-electron chi connectivity index (χ0n) is 17.4. The molecule has 3 aromatic rings. The highest BCUT2D eigenvalue weighted by Gasteiger charge is 2.32. The Morgan fingerprint density at radius 3 is 2.84 bits per heavy atom. The number of nitrogens with zero attached hydrogens (tertiary/aromatic N) is 7. The third-order valence-electron chi connectivity index (χ3n) is 6.00. The molecule has 1 amide bonds. The van der Waals surface area contributed by atoms with E-state index in [9.17, 15) is 9.59 Å². The lowest BCUT2D eigenvalue weighted by atomic mass is 9.95. The number of hydrogen-bond donors (Lipinski definition) is 0. The predicted molar refractivity (Wildman–Crippen MR) is 114 cm³/mol. The van der Waals surface area contributed by atoms with Crippen LogP contribution in [-0.4, -0.2) is 66.1 Å². The molecule has 31 heavy (non-hydrogen) atoms. The van der Waals surface area contributed by atoms with Gasteiger partial charge in [-0.05, 0) is 25.8 Å². The molecule has 0 N–H and O–H groups in total. The van der Waals surface area contributed by atoms with E-state index in [-0.39, 0.29) is 23.4 Å². The van der Waals surface area contributed by atoms with Gasteiger partial charge in [-0.2, -0.15) is 4.52 Å². The Morgan fingerprint density at radius 2 is 2.06 bits per heavy atom. The molecule has 11 heteroatoms. The normalized spacial score (nSPS) is 19.0. The second kappa shape index (κ2) is 7.95. The van der Waals surface area contributed by atoms with Crippen molar-refractivity contribution in [3.8, 4) is 5.88 Å². The zero-order valence-corrected chi connectivity index (χ0v) is 18.2. The lowest BCUT2D eigenvalue weighted by Gasteiger charge is -2.32. The van der Waals surface area contributed by atoms with Gasteiger partial charge in [0.1, 0.15) is 0 Å². The van der Waals surface area contributed by atoms with Gasteiger partial charge in [0.2, 0.25) is 11.8 Å². The monoisotopic (exact) mass is 441 g/mol. The second-order valence-corrected chi connectivity index (χ2v) is 8.91. The third-order valence-corrected chi connectivity index (χ3v) is 7.11. The Balaban J connectivity index is 1.25. The molecule has 0 aliphatic carbocycles. The minimum atomic E-state index is -0.137. The van der Waals surface area contributed by atoms with Crippen molar-refractivity contribution >= 4 is 23.3 Å². The van der Waals surface area contributed by atoms with Gasteiger partial charge in [-0.15, -0.1) is 15.3 Å². The lowest BCUT2D eigenvalue weighted by molar-refractivity contribution is -0.133. The molecular formula is C20H23N7O3S. The average Bonchev–Trinajstić information content (AvgIpc) is 3.40. The van der Waals surface area contributed by atoms with Gasteiger partial charge < -0.3 is 9.64 Å². The molecule has 5 rings (SSSR count). The molecule has 1 saturated heterocycles. The van der Waals surface area contributed by atoms with Crippen LogP contribution in [0.3, 0.4) is 0 Å². The average molecular weight is 442 g/mol. The van der Waals surface area contributed by atoms with Crippen LogP contribution in [0.2, 0.25) is 0 Å². The summed E-state index contributed by atoms with van der Waals surface area (Å²) < 4.78 is 8.63. The number of likely N-dealkylation sites (tertiary alicyclic amines) is 1. The summed E-state index contributed by atoms with van der Waals surface area (Å²) in [6.07, 6.45) is 3.52. The zero-order chi connectivity index (χ0) is 21.5. The summed E-state index contributed by atoms with van der Waals surface area (Å²) in [5.41, 5.74) is 1.24. The first kappa shape index (κ1) is 20.0. The third kappa shape index (κ3) is 3.56. The Bertz CT molecular complexity index is 1200. The lowest BCUT2D eigenvalue weighted by Crippen LogP contribution is -2.40. The topological polar surface area (TPSA) is 108 Å². The van der Waals surface area contributed by atoms with Crippen molar-refractivity contribution in [2.75, 3.05) is 26.0 Å². The van der Waals surface area contributed by atoms with Crippen molar-refractivity contribution in [3.63, 3.8) is 0 Å². The number of rotatable bonds is 4. The van der Waals surface area contributed by atoms with Crippen molar-refractivity contribution in [2.45, 2.75) is 43.3 Å². The molecule has 2 aliphatic heterocycles. The quantitative estimate of drug-likeness (QED) is 0.560. The fraction of sp³-hybridized carbons (Fsp3) is 0.500. The maximum absolute atomic E-state index is 13.0. The number of hydrogen-bond acceptors (Lipinski definition) is 8. The number of methoxy groups -OCH3 is 1. The highest BCUT2D eigenvalue weighted by molar-refractivity contribution is 7.99. The Hall–Kier alpha value is -2.95. The minimum Gasteiger partial charge on any atom is -0.480 e. The summed E-state index contributed by atoms with van der Waals surface area (Å²) in [6, 6.07) is 3.45. The Morgan fingerprint density at radius 1 is 1.26 bits per heavy atom. The largest absolute Gasteiger partial charge is 0.480 e. The van der Waals surface area contributed by atoms with Gasteiger partial charge in [0.05, 0.1) is 13.2 Å². The summed E-state index contributed by atoms with van der Waals surface area (Å²) in [6.45, 7) is 3.06. The number of piperidine rings is 1. The molecule has 0 saturated carbocycles. The highest BCUT2D eigenvalue weighted by atomic mass is 32.2. The molecule has 3 aromatic heterocycles. The van der Waals surface area contributed by atoms with Crippen LogP contribution < -0.4 is 10.3 Å². The predicted octanol–water partition coefficient (Wildman–Crippen LogP) is 1.44. The van der Waals surface area contributed by atoms with Crippen molar-refractivity contribution in [1.82, 2.24) is 34.3 Å². The first-order chi connectivity index (χ1) is 15.0. The number of thioether (sulfide) groups is 1. The summed E-state index contributed by atoms with van der Waals surface area (Å²) in [5.74, 6) is 2.27. The van der Waals surface area contributed by atoms with Gasteiger partial charge in [-0.25, -0.2) is 4.98 Å². The number of amides is 1. The number of carbonyl (C=O) groups is 1. The second-order valence-electron chi connectivity index (χ2n) is 7.93. The van der Waals surface area contributed by atoms with Crippen molar-refractivity contribution in [1.29, 1.82) is 0 Å². The standard InChI is InChI=1S/C20H23N7O3S/c1-12-10-21-20-26(19(12)29)14(11-31-20)9-17(28)25-7-5-13(6-8-25)18-23-22-15-3-4-16(30-2)24-27(15)18/h3-4,10,13-14H,5-9,11H2,1-2H3. The summed E-state index contributed by atoms with van der Waals surface area (Å²) >= 11 is 1.54. The fourth-order valence-corrected chi connectivity index (χ4v) is 5.35. The van der Waals surface area contributed by atoms with Crippen molar-refractivity contribution in [2.24, 2.45) is 0 Å². The fourth-order valence-electron chi connectivity index (χ4n) is 4.24. The molecule has 1 atom stereocenters. The van der Waals surface area contributed by atoms with Crippen LogP contribution in [0.4, 0.5) is 0 Å². The molecule has 1 fully saturated rings. The van der Waals surface area contributed by atoms with Gasteiger partial charge in [0, 0.05) is 49.0 Å². The molecule has 0 spiro atoms. The maximum Gasteiger partial charge on any atom is 0.257 e. The minimum absolute atomic E-state index is 0.0480. The number of ether oxygens (including phenoxy) is 1. The summed E-state index contributed by atoms with van der Waals surface area (Å²) in [4.78, 5) is 31.7. The van der Waals surface area contributed by atoms with Gasteiger partial charge in [-0.1, -0.05) is 11.8 Å². The van der Waals surface area contributed by atoms with Crippen LogP contribution in [0.5, 0.6) is 5.88 Å². The van der Waals surface area contributed by atoms with E-state index < -0.39 is 0 Å². The number of fused-ring (bicyclic) bond motifs is 2.